The second-order valence-electron chi connectivity index (χ2n) is 6.64. The van der Waals surface area contributed by atoms with E-state index in [2.05, 4.69) is 0 Å². The Morgan fingerprint density at radius 2 is 1.44 bits per heavy atom. The SMILES string of the molecule is Cc1cc(C)c(C(=O)c2c(C)cc(C)cc2C=[P+]([O-])CCO)c(C)c1. The molecule has 0 fully saturated rings. The molecular formula is C21H25O3P. The lowest BCUT2D eigenvalue weighted by Crippen LogP contribution is -2.12. The van der Waals surface area contributed by atoms with Crippen molar-refractivity contribution in [2.75, 3.05) is 12.8 Å². The molecule has 3 nitrogen and oxygen atoms in total. The van der Waals surface area contributed by atoms with E-state index in [1.54, 1.807) is 5.80 Å². The molecule has 0 saturated heterocycles. The molecule has 1 atom stereocenters. The van der Waals surface area contributed by atoms with Crippen LogP contribution in [0.15, 0.2) is 24.3 Å². The van der Waals surface area contributed by atoms with Gasteiger partial charge in [0.15, 0.2) is 5.78 Å². The van der Waals surface area contributed by atoms with Gasteiger partial charge in [-0.1, -0.05) is 29.3 Å². The van der Waals surface area contributed by atoms with Gasteiger partial charge in [0, 0.05) is 16.7 Å². The fourth-order valence-electron chi connectivity index (χ4n) is 3.39. The number of ketones is 1. The van der Waals surface area contributed by atoms with Crippen molar-refractivity contribution in [1.29, 1.82) is 0 Å². The van der Waals surface area contributed by atoms with E-state index >= 15 is 0 Å². The monoisotopic (exact) mass is 356 g/mol. The largest absolute Gasteiger partial charge is 0.630 e. The fraction of sp³-hybridized carbons (Fsp3) is 0.333. The zero-order chi connectivity index (χ0) is 18.7. The lowest BCUT2D eigenvalue weighted by molar-refractivity contribution is -0.153. The summed E-state index contributed by atoms with van der Waals surface area (Å²) >= 11 is 0. The van der Waals surface area contributed by atoms with Crippen molar-refractivity contribution in [3.63, 3.8) is 0 Å². The second kappa shape index (κ2) is 8.05. The van der Waals surface area contributed by atoms with Crippen molar-refractivity contribution in [1.82, 2.24) is 0 Å². The van der Waals surface area contributed by atoms with Gasteiger partial charge >= 0.3 is 0 Å². The standard InChI is InChI=1S/C21H25O3P/c1-13-8-15(3)19(16(4)9-13)21(23)20-17(5)10-14(2)11-18(20)12-25(24)7-6-22/h8-12,22H,6-7H2,1-5H3. The topological polar surface area (TPSA) is 60.4 Å². The predicted molar refractivity (Wildman–Crippen MR) is 104 cm³/mol. The maximum absolute atomic E-state index is 13.3. The molecule has 0 spiro atoms. The highest BCUT2D eigenvalue weighted by atomic mass is 31.1. The minimum absolute atomic E-state index is 0.0360. The Hall–Kier alpha value is -1.80. The van der Waals surface area contributed by atoms with E-state index in [-0.39, 0.29) is 18.6 Å². The molecular weight excluding hydrogens is 331 g/mol. The Morgan fingerprint density at radius 3 is 1.96 bits per heavy atom. The molecule has 1 N–H and O–H groups in total. The minimum atomic E-state index is -1.69. The first-order valence-corrected chi connectivity index (χ1v) is 9.89. The van der Waals surface area contributed by atoms with Gasteiger partial charge in [0.2, 0.25) is 0 Å². The summed E-state index contributed by atoms with van der Waals surface area (Å²) in [5.41, 5.74) is 6.93. The number of carbonyl (C=O) groups is 1. The van der Waals surface area contributed by atoms with Crippen molar-refractivity contribution >= 4 is 19.4 Å². The van der Waals surface area contributed by atoms with Gasteiger partial charge < -0.3 is 10.00 Å². The van der Waals surface area contributed by atoms with Gasteiger partial charge in [-0.05, 0) is 57.4 Å². The molecule has 0 bridgehead atoms. The van der Waals surface area contributed by atoms with Crippen molar-refractivity contribution in [3.8, 4) is 0 Å². The molecule has 0 aromatic heterocycles. The van der Waals surface area contributed by atoms with Crippen molar-refractivity contribution in [3.05, 3.63) is 68.8 Å². The number of carbonyl (C=O) groups excluding carboxylic acids is 1. The maximum Gasteiger partial charge on any atom is 0.194 e. The van der Waals surface area contributed by atoms with Crippen LogP contribution in [0.2, 0.25) is 0 Å². The fourth-order valence-corrected chi connectivity index (χ4v) is 4.23. The van der Waals surface area contributed by atoms with E-state index in [1.807, 2.05) is 58.9 Å². The molecule has 0 amide bonds. The molecule has 0 saturated carbocycles. The van der Waals surface area contributed by atoms with Crippen LogP contribution in [0.4, 0.5) is 0 Å². The summed E-state index contributed by atoms with van der Waals surface area (Å²) in [6.07, 6.45) is 0.207. The average molecular weight is 356 g/mol. The van der Waals surface area contributed by atoms with Gasteiger partial charge in [-0.2, -0.15) is 0 Å². The molecule has 2 rings (SSSR count). The Bertz CT molecular complexity index is 827. The van der Waals surface area contributed by atoms with Crippen molar-refractivity contribution in [2.24, 2.45) is 0 Å². The van der Waals surface area contributed by atoms with Crippen LogP contribution in [-0.4, -0.2) is 29.5 Å². The number of aryl methyl sites for hydroxylation is 5. The van der Waals surface area contributed by atoms with Gasteiger partial charge in [-0.15, -0.1) is 0 Å². The molecule has 2 aromatic rings. The molecule has 132 valence electrons. The van der Waals surface area contributed by atoms with E-state index in [1.165, 1.54) is 0 Å². The van der Waals surface area contributed by atoms with Crippen LogP contribution < -0.4 is 4.89 Å². The summed E-state index contributed by atoms with van der Waals surface area (Å²) in [5, 5.41) is 9.01. The summed E-state index contributed by atoms with van der Waals surface area (Å²) in [4.78, 5) is 25.5. The molecule has 1 unspecified atom stereocenters. The van der Waals surface area contributed by atoms with Crippen molar-refractivity contribution < 1.29 is 14.8 Å². The number of benzene rings is 2. The second-order valence-corrected chi connectivity index (χ2v) is 8.18. The zero-order valence-corrected chi connectivity index (χ0v) is 16.4. The van der Waals surface area contributed by atoms with Crippen LogP contribution >= 0.6 is 7.77 Å². The maximum atomic E-state index is 13.3. The van der Waals surface area contributed by atoms with E-state index in [0.29, 0.717) is 16.7 Å². The lowest BCUT2D eigenvalue weighted by atomic mass is 9.88. The molecule has 0 radical (unpaired) electrons. The number of aliphatic hydroxyl groups is 1. The van der Waals surface area contributed by atoms with E-state index in [0.717, 1.165) is 27.8 Å². The molecule has 0 aliphatic heterocycles. The highest BCUT2D eigenvalue weighted by Crippen LogP contribution is 2.26. The van der Waals surface area contributed by atoms with Crippen molar-refractivity contribution in [2.45, 2.75) is 34.6 Å². The van der Waals surface area contributed by atoms with Gasteiger partial charge in [0.1, 0.15) is 12.0 Å². The van der Waals surface area contributed by atoms with Gasteiger partial charge in [0.25, 0.3) is 0 Å². The van der Waals surface area contributed by atoms with E-state index in [4.69, 9.17) is 5.11 Å². The molecule has 0 aliphatic rings. The minimum Gasteiger partial charge on any atom is -0.630 e. The number of aliphatic hydroxyl groups excluding tert-OH is 1. The van der Waals surface area contributed by atoms with Crippen LogP contribution in [0.3, 0.4) is 0 Å². The molecule has 25 heavy (non-hydrogen) atoms. The Morgan fingerprint density at radius 1 is 0.960 bits per heavy atom. The van der Waals surface area contributed by atoms with Crippen LogP contribution in [0, 0.1) is 34.6 Å². The van der Waals surface area contributed by atoms with Crippen LogP contribution in [0.5, 0.6) is 0 Å². The van der Waals surface area contributed by atoms with E-state index < -0.39 is 7.77 Å². The first kappa shape index (κ1) is 19.5. The smallest absolute Gasteiger partial charge is 0.194 e. The Kier molecular flexibility index (Phi) is 6.29. The van der Waals surface area contributed by atoms with Crippen LogP contribution in [-0.2, 0) is 0 Å². The first-order chi connectivity index (χ1) is 11.7. The van der Waals surface area contributed by atoms with Crippen LogP contribution in [0.25, 0.3) is 0 Å². The average Bonchev–Trinajstić information content (AvgIpc) is 2.45. The lowest BCUT2D eigenvalue weighted by Gasteiger charge is -2.14. The Labute approximate surface area is 150 Å². The summed E-state index contributed by atoms with van der Waals surface area (Å²) in [5.74, 6) is 1.59. The first-order valence-electron chi connectivity index (χ1n) is 8.38. The third-order valence-electron chi connectivity index (χ3n) is 4.24. The van der Waals surface area contributed by atoms with Gasteiger partial charge in [-0.3, -0.25) is 4.79 Å². The predicted octanol–water partition coefficient (Wildman–Crippen LogP) is 3.36. The van der Waals surface area contributed by atoms with Crippen LogP contribution in [0.1, 0.15) is 49.3 Å². The number of hydrogen-bond donors (Lipinski definition) is 1. The highest BCUT2D eigenvalue weighted by molar-refractivity contribution is 7.50. The molecule has 0 aliphatic carbocycles. The number of rotatable bonds is 5. The third kappa shape index (κ3) is 4.43. The summed E-state index contributed by atoms with van der Waals surface area (Å²) in [7, 11) is -1.69. The quantitative estimate of drug-likeness (QED) is 0.660. The van der Waals surface area contributed by atoms with Gasteiger partial charge in [-0.25, -0.2) is 0 Å². The highest BCUT2D eigenvalue weighted by Gasteiger charge is 2.21. The zero-order valence-electron chi connectivity index (χ0n) is 15.5. The van der Waals surface area contributed by atoms with E-state index in [9.17, 15) is 9.69 Å². The Balaban J connectivity index is 2.66. The number of hydrogen-bond acceptors (Lipinski definition) is 3. The van der Waals surface area contributed by atoms with Gasteiger partial charge in [0.05, 0.1) is 14.4 Å². The molecule has 2 aromatic carbocycles. The summed E-state index contributed by atoms with van der Waals surface area (Å²) in [6.45, 7) is 9.66. The third-order valence-corrected chi connectivity index (χ3v) is 5.45. The summed E-state index contributed by atoms with van der Waals surface area (Å²) < 4.78 is 0. The molecule has 0 heterocycles. The molecule has 4 heteroatoms. The summed E-state index contributed by atoms with van der Waals surface area (Å²) in [6, 6.07) is 7.89. The normalized spacial score (nSPS) is 11.7.